The van der Waals surface area contributed by atoms with Gasteiger partial charge in [-0.25, -0.2) is 8.78 Å². The molecule has 0 aliphatic heterocycles. The summed E-state index contributed by atoms with van der Waals surface area (Å²) >= 11 is 0. The summed E-state index contributed by atoms with van der Waals surface area (Å²) in [5.74, 6) is -3.69. The minimum absolute atomic E-state index is 0. The third kappa shape index (κ3) is 17.3. The van der Waals surface area contributed by atoms with E-state index in [0.29, 0.717) is 56.1 Å². The fourth-order valence-corrected chi connectivity index (χ4v) is 9.58. The Morgan fingerprint density at radius 3 is 0.988 bits per heavy atom. The number of para-hydroxylation sites is 2. The number of aliphatic hydroxyl groups is 2. The zero-order valence-electron chi connectivity index (χ0n) is 42.8. The Bertz CT molecular complexity index is 3020. The highest BCUT2D eigenvalue weighted by Crippen LogP contribution is 2.44. The number of nitrogens with one attached hydrogen (secondary N) is 2. The maximum atomic E-state index is 14.0. The molecule has 0 spiro atoms. The summed E-state index contributed by atoms with van der Waals surface area (Å²) in [7, 11) is 0. The Morgan fingerprint density at radius 2 is 0.716 bits per heavy atom. The molecule has 2 aromatic heterocycles. The summed E-state index contributed by atoms with van der Waals surface area (Å²) in [6.07, 6.45) is -2.53. The van der Waals surface area contributed by atoms with Crippen molar-refractivity contribution in [1.29, 1.82) is 0 Å². The van der Waals surface area contributed by atoms with Gasteiger partial charge in [0.25, 0.3) is 11.8 Å². The first-order valence-electron chi connectivity index (χ1n) is 25.2. The molecule has 6 aromatic carbocycles. The van der Waals surface area contributed by atoms with Crippen molar-refractivity contribution in [1.82, 2.24) is 9.13 Å². The predicted molar refractivity (Wildman–Crippen MR) is 327 cm³/mol. The molecule has 432 valence electrons. The maximum absolute atomic E-state index is 14.0. The summed E-state index contributed by atoms with van der Waals surface area (Å²) in [6.45, 7) is 8.49. The van der Waals surface area contributed by atoms with E-state index in [2.05, 4.69) is 10.6 Å². The zero-order chi connectivity index (χ0) is 54.5. The fourth-order valence-electron chi connectivity index (χ4n) is 9.58. The topological polar surface area (TPSA) is 183 Å². The first-order chi connectivity index (χ1) is 36.5. The molecule has 0 saturated carbocycles. The van der Waals surface area contributed by atoms with E-state index in [9.17, 15) is 38.2 Å². The van der Waals surface area contributed by atoms with Crippen molar-refractivity contribution in [2.45, 2.75) is 128 Å². The van der Waals surface area contributed by atoms with Crippen LogP contribution in [0.5, 0.6) is 0 Å². The third-order valence-electron chi connectivity index (χ3n) is 12.8. The minimum Gasteiger partial charge on any atom is -0.481 e. The second kappa shape index (κ2) is 32.0. The van der Waals surface area contributed by atoms with Crippen LogP contribution in [0.15, 0.2) is 170 Å². The summed E-state index contributed by atoms with van der Waals surface area (Å²) in [5, 5.41) is 45.1. The van der Waals surface area contributed by atoms with Gasteiger partial charge in [0.2, 0.25) is 0 Å². The van der Waals surface area contributed by atoms with E-state index in [1.165, 1.54) is 24.3 Å². The molecule has 0 fully saturated rings. The highest BCUT2D eigenvalue weighted by Gasteiger charge is 2.33. The first-order valence-corrected chi connectivity index (χ1v) is 25.2. The lowest BCUT2D eigenvalue weighted by Crippen LogP contribution is -2.19. The van der Waals surface area contributed by atoms with E-state index in [1.54, 1.807) is 24.3 Å². The van der Waals surface area contributed by atoms with E-state index >= 15 is 0 Å². The van der Waals surface area contributed by atoms with Crippen LogP contribution in [0.1, 0.15) is 134 Å². The monoisotopic (exact) mass is 1110 g/mol. The fraction of sp³-hybridized carbons (Fsp3) is 0.284. The van der Waals surface area contributed by atoms with Gasteiger partial charge in [0, 0.05) is 47.0 Å². The molecule has 0 saturated heterocycles. The number of carbonyl (C=O) groups is 4. The van der Waals surface area contributed by atoms with Crippen LogP contribution < -0.4 is 10.6 Å². The number of aromatic nitrogens is 2. The van der Waals surface area contributed by atoms with Crippen molar-refractivity contribution < 1.29 is 48.4 Å². The van der Waals surface area contributed by atoms with Crippen LogP contribution in [0.2, 0.25) is 0 Å². The molecule has 6 N–H and O–H groups in total. The van der Waals surface area contributed by atoms with Crippen LogP contribution in [0.25, 0.3) is 44.8 Å². The van der Waals surface area contributed by atoms with Gasteiger partial charge in [-0.3, -0.25) is 19.2 Å². The molecular weight excluding hydrogens is 1030 g/mol. The summed E-state index contributed by atoms with van der Waals surface area (Å²) in [5.41, 5.74) is 9.64. The Morgan fingerprint density at radius 1 is 0.432 bits per heavy atom. The molecule has 2 atom stereocenters. The average Bonchev–Trinajstić information content (AvgIpc) is 4.06. The summed E-state index contributed by atoms with van der Waals surface area (Å²) in [6, 6.07) is 49.6. The number of halogens is 2. The highest BCUT2D eigenvalue weighted by atomic mass is 19.1. The molecular formula is C67H82F2N4O8. The molecule has 12 nitrogen and oxygen atoms in total. The smallest absolute Gasteiger partial charge is 0.305 e. The Labute approximate surface area is 477 Å². The number of amides is 2. The molecule has 2 amide bonds. The number of anilines is 2. The molecule has 81 heavy (non-hydrogen) atoms. The molecule has 1 unspecified atom stereocenters. The Balaban J connectivity index is 0.000000521. The molecule has 14 heteroatoms. The number of aliphatic carboxylic acids is 2. The molecule has 0 bridgehead atoms. The normalized spacial score (nSPS) is 11.2. The number of rotatable bonds is 20. The van der Waals surface area contributed by atoms with Gasteiger partial charge in [0.1, 0.15) is 11.6 Å². The van der Waals surface area contributed by atoms with Gasteiger partial charge in [-0.2, -0.15) is 0 Å². The van der Waals surface area contributed by atoms with Gasteiger partial charge in [-0.15, -0.1) is 0 Å². The number of hydrogen-bond acceptors (Lipinski definition) is 6. The Kier molecular flexibility index (Phi) is 27.1. The van der Waals surface area contributed by atoms with Crippen molar-refractivity contribution in [3.63, 3.8) is 0 Å². The van der Waals surface area contributed by atoms with Crippen molar-refractivity contribution in [2.24, 2.45) is 0 Å². The number of hydrogen-bond donors (Lipinski definition) is 6. The summed E-state index contributed by atoms with van der Waals surface area (Å²) < 4.78 is 31.8. The van der Waals surface area contributed by atoms with E-state index in [4.69, 9.17) is 10.2 Å². The highest BCUT2D eigenvalue weighted by molar-refractivity contribution is 6.13. The Hall–Kier alpha value is -8.46. The standard InChI is InChI=1S/2C31H31FN2O4.5CH4/c2*1-20(2)29-28(31(38)33-24-11-7-4-8-12-24)27(21-9-5-3-6-10-21)30(22-13-15-23(32)16-14-22)34(29)18-17-25(35)19-26(36)37;;;;;/h2*3-16,20,25,35H,17-19H2,1-2H3,(H,33,38)(H,36,37);5*1H4/t25-;;;;;;/m1....../s1. The quantitative estimate of drug-likeness (QED) is 0.0436. The van der Waals surface area contributed by atoms with Crippen LogP contribution in [0.3, 0.4) is 0 Å². The van der Waals surface area contributed by atoms with Gasteiger partial charge in [0.15, 0.2) is 0 Å². The van der Waals surface area contributed by atoms with E-state index in [0.717, 1.165) is 22.5 Å². The number of carboxylic acids is 2. The number of carboxylic acid groups (broad SMARTS) is 2. The number of aliphatic hydroxyl groups excluding tert-OH is 2. The maximum Gasteiger partial charge on any atom is 0.305 e. The van der Waals surface area contributed by atoms with Crippen molar-refractivity contribution in [3.8, 4) is 44.8 Å². The van der Waals surface area contributed by atoms with E-state index in [-0.39, 0.29) is 111 Å². The second-order valence-electron chi connectivity index (χ2n) is 19.0. The van der Waals surface area contributed by atoms with E-state index in [1.807, 2.05) is 158 Å². The van der Waals surface area contributed by atoms with Crippen LogP contribution in [-0.2, 0) is 22.7 Å². The first kappa shape index (κ1) is 68.6. The lowest BCUT2D eigenvalue weighted by Gasteiger charge is -2.18. The zero-order valence-corrected chi connectivity index (χ0v) is 42.8. The van der Waals surface area contributed by atoms with Gasteiger partial charge in [-0.05, 0) is 120 Å². The molecule has 2 heterocycles. The third-order valence-corrected chi connectivity index (χ3v) is 12.8. The van der Waals surface area contributed by atoms with Crippen LogP contribution in [0.4, 0.5) is 20.2 Å². The van der Waals surface area contributed by atoms with Crippen molar-refractivity contribution in [3.05, 3.63) is 204 Å². The molecule has 8 aromatic rings. The van der Waals surface area contributed by atoms with Crippen molar-refractivity contribution >= 4 is 35.1 Å². The SMILES string of the molecule is C.C.C.C.C.CC(C)c1c(C(=O)Nc2ccccc2)c(-c2ccccc2)c(-c2ccc(F)cc2)n1CCC(O)CC(=O)O.CC(C)c1c(C(=O)Nc2ccccc2)c(-c2ccccc2)c(-c2ccc(F)cc2)n1CC[C@@H](O)CC(=O)O. The molecule has 0 radical (unpaired) electrons. The lowest BCUT2D eigenvalue weighted by molar-refractivity contribution is -0.140. The summed E-state index contributed by atoms with van der Waals surface area (Å²) in [4.78, 5) is 50.2. The largest absolute Gasteiger partial charge is 0.481 e. The lowest BCUT2D eigenvalue weighted by atomic mass is 9.94. The second-order valence-corrected chi connectivity index (χ2v) is 19.0. The van der Waals surface area contributed by atoms with Crippen molar-refractivity contribution in [2.75, 3.05) is 10.6 Å². The van der Waals surface area contributed by atoms with Gasteiger partial charge in [-0.1, -0.05) is 162 Å². The molecule has 8 rings (SSSR count). The van der Waals surface area contributed by atoms with Gasteiger partial charge < -0.3 is 40.2 Å². The van der Waals surface area contributed by atoms with Crippen LogP contribution >= 0.6 is 0 Å². The van der Waals surface area contributed by atoms with Crippen LogP contribution in [-0.4, -0.2) is 65.5 Å². The molecule has 0 aliphatic rings. The number of benzene rings is 6. The molecule has 0 aliphatic carbocycles. The number of nitrogens with zero attached hydrogens (tertiary/aromatic N) is 2. The van der Waals surface area contributed by atoms with E-state index < -0.39 is 24.1 Å². The average molecular weight is 1110 g/mol. The number of carbonyl (C=O) groups excluding carboxylic acids is 2. The minimum atomic E-state index is -1.08. The van der Waals surface area contributed by atoms with Gasteiger partial charge in [0.05, 0.1) is 47.6 Å². The van der Waals surface area contributed by atoms with Crippen LogP contribution in [0, 0.1) is 11.6 Å². The predicted octanol–water partition coefficient (Wildman–Crippen LogP) is 16.3. The van der Waals surface area contributed by atoms with Gasteiger partial charge >= 0.3 is 11.9 Å².